The van der Waals surface area contributed by atoms with Crippen LogP contribution in [0.2, 0.25) is 0 Å². The number of hydrogen-bond donors (Lipinski definition) is 2. The number of benzene rings is 1. The van der Waals surface area contributed by atoms with Crippen LogP contribution in [0.5, 0.6) is 0 Å². The molecule has 0 aliphatic rings. The Morgan fingerprint density at radius 1 is 1.06 bits per heavy atom. The maximum atomic E-state index is 11.2. The molecule has 3 heteroatoms. The number of H-pyrrole nitrogens is 1. The van der Waals surface area contributed by atoms with Crippen LogP contribution < -0.4 is 11.3 Å². The summed E-state index contributed by atoms with van der Waals surface area (Å²) in [6.07, 6.45) is 1.65. The molecule has 0 atom stereocenters. The van der Waals surface area contributed by atoms with Gasteiger partial charge in [-0.3, -0.25) is 4.79 Å². The Morgan fingerprint density at radius 3 is 2.25 bits per heavy atom. The molecule has 3 N–H and O–H groups in total. The standard InChI is InChI=1S/C13H14N2O/c1-8-5-11(6-9(2)13(8)14)10-3-4-15-12(16)7-10/h3-7H,14H2,1-2H3,(H,15,16). The number of nitrogen functional groups attached to an aromatic ring is 1. The van der Waals surface area contributed by atoms with Gasteiger partial charge in [0.2, 0.25) is 5.56 Å². The SMILES string of the molecule is Cc1cc(-c2cc[nH]c(=O)c2)cc(C)c1N. The second kappa shape index (κ2) is 3.85. The minimum atomic E-state index is -0.0929. The Balaban J connectivity index is 2.61. The van der Waals surface area contributed by atoms with E-state index < -0.39 is 0 Å². The predicted molar refractivity (Wildman–Crippen MR) is 66.4 cm³/mol. The highest BCUT2D eigenvalue weighted by molar-refractivity contribution is 5.69. The van der Waals surface area contributed by atoms with E-state index in [2.05, 4.69) is 4.98 Å². The largest absolute Gasteiger partial charge is 0.398 e. The van der Waals surface area contributed by atoms with Crippen molar-refractivity contribution in [1.82, 2.24) is 4.98 Å². The van der Waals surface area contributed by atoms with Gasteiger partial charge in [0.25, 0.3) is 0 Å². The van der Waals surface area contributed by atoms with Crippen LogP contribution in [0.1, 0.15) is 11.1 Å². The molecule has 0 radical (unpaired) electrons. The van der Waals surface area contributed by atoms with Crippen LogP contribution in [0.15, 0.2) is 35.3 Å². The minimum Gasteiger partial charge on any atom is -0.398 e. The summed E-state index contributed by atoms with van der Waals surface area (Å²) in [5.41, 5.74) is 10.6. The summed E-state index contributed by atoms with van der Waals surface area (Å²) in [4.78, 5) is 13.8. The van der Waals surface area contributed by atoms with E-state index >= 15 is 0 Å². The van der Waals surface area contributed by atoms with E-state index in [0.717, 1.165) is 27.9 Å². The third-order valence-electron chi connectivity index (χ3n) is 2.70. The van der Waals surface area contributed by atoms with Crippen molar-refractivity contribution in [2.24, 2.45) is 0 Å². The number of nitrogens with one attached hydrogen (secondary N) is 1. The molecule has 0 bridgehead atoms. The van der Waals surface area contributed by atoms with Crippen LogP contribution in [0, 0.1) is 13.8 Å². The third kappa shape index (κ3) is 1.84. The summed E-state index contributed by atoms with van der Waals surface area (Å²) in [6.45, 7) is 3.94. The fourth-order valence-electron chi connectivity index (χ4n) is 1.77. The molecule has 1 aromatic heterocycles. The fourth-order valence-corrected chi connectivity index (χ4v) is 1.77. The molecule has 1 heterocycles. The lowest BCUT2D eigenvalue weighted by Crippen LogP contribution is -2.02. The van der Waals surface area contributed by atoms with Crippen molar-refractivity contribution in [2.45, 2.75) is 13.8 Å². The van der Waals surface area contributed by atoms with E-state index in [9.17, 15) is 4.79 Å². The quantitative estimate of drug-likeness (QED) is 0.715. The van der Waals surface area contributed by atoms with Crippen molar-refractivity contribution in [2.75, 3.05) is 5.73 Å². The average Bonchev–Trinajstić information content (AvgIpc) is 2.25. The molecule has 16 heavy (non-hydrogen) atoms. The fraction of sp³-hybridized carbons (Fsp3) is 0.154. The normalized spacial score (nSPS) is 10.4. The molecule has 0 spiro atoms. The van der Waals surface area contributed by atoms with E-state index in [-0.39, 0.29) is 5.56 Å². The molecule has 2 aromatic rings. The highest BCUT2D eigenvalue weighted by Gasteiger charge is 2.03. The number of nitrogens with two attached hydrogens (primary N) is 1. The molecular weight excluding hydrogens is 200 g/mol. The second-order valence-corrected chi connectivity index (χ2v) is 3.97. The predicted octanol–water partition coefficient (Wildman–Crippen LogP) is 2.24. The molecule has 2 rings (SSSR count). The van der Waals surface area contributed by atoms with Crippen LogP contribution in [-0.4, -0.2) is 4.98 Å². The highest BCUT2D eigenvalue weighted by atomic mass is 16.1. The number of rotatable bonds is 1. The van der Waals surface area contributed by atoms with Gasteiger partial charge in [-0.15, -0.1) is 0 Å². The van der Waals surface area contributed by atoms with Gasteiger partial charge in [-0.1, -0.05) is 0 Å². The average molecular weight is 214 g/mol. The zero-order chi connectivity index (χ0) is 11.7. The topological polar surface area (TPSA) is 58.9 Å². The lowest BCUT2D eigenvalue weighted by atomic mass is 10.00. The molecule has 0 saturated carbocycles. The van der Waals surface area contributed by atoms with Gasteiger partial charge in [0, 0.05) is 18.0 Å². The molecule has 0 unspecified atom stereocenters. The van der Waals surface area contributed by atoms with E-state index in [1.165, 1.54) is 0 Å². The van der Waals surface area contributed by atoms with E-state index in [1.54, 1.807) is 12.3 Å². The van der Waals surface area contributed by atoms with Crippen LogP contribution in [0.4, 0.5) is 5.69 Å². The molecule has 0 saturated heterocycles. The molecule has 0 fully saturated rings. The number of pyridine rings is 1. The number of aromatic amines is 1. The summed E-state index contributed by atoms with van der Waals surface area (Å²) in [7, 11) is 0. The molecule has 0 aliphatic heterocycles. The van der Waals surface area contributed by atoms with Gasteiger partial charge in [0.1, 0.15) is 0 Å². The zero-order valence-electron chi connectivity index (χ0n) is 9.37. The van der Waals surface area contributed by atoms with Crippen LogP contribution in [0.3, 0.4) is 0 Å². The maximum Gasteiger partial charge on any atom is 0.248 e. The second-order valence-electron chi connectivity index (χ2n) is 3.97. The van der Waals surface area contributed by atoms with Crippen molar-refractivity contribution in [1.29, 1.82) is 0 Å². The minimum absolute atomic E-state index is 0.0929. The van der Waals surface area contributed by atoms with E-state index in [0.29, 0.717) is 0 Å². The van der Waals surface area contributed by atoms with Gasteiger partial charge in [0.05, 0.1) is 0 Å². The lowest BCUT2D eigenvalue weighted by molar-refractivity contribution is 1.24. The summed E-state index contributed by atoms with van der Waals surface area (Å²) in [6, 6.07) is 7.46. The van der Waals surface area contributed by atoms with Gasteiger partial charge >= 0.3 is 0 Å². The molecule has 0 amide bonds. The maximum absolute atomic E-state index is 11.2. The first-order valence-corrected chi connectivity index (χ1v) is 5.14. The number of anilines is 1. The van der Waals surface area contributed by atoms with Gasteiger partial charge in [0.15, 0.2) is 0 Å². The summed E-state index contributed by atoms with van der Waals surface area (Å²) >= 11 is 0. The Labute approximate surface area is 93.9 Å². The van der Waals surface area contributed by atoms with E-state index in [4.69, 9.17) is 5.73 Å². The highest BCUT2D eigenvalue weighted by Crippen LogP contribution is 2.25. The lowest BCUT2D eigenvalue weighted by Gasteiger charge is -2.08. The third-order valence-corrected chi connectivity index (χ3v) is 2.70. The summed E-state index contributed by atoms with van der Waals surface area (Å²) in [5, 5.41) is 0. The van der Waals surface area contributed by atoms with Gasteiger partial charge in [-0.05, 0) is 54.3 Å². The number of aromatic nitrogens is 1. The molecule has 1 aromatic carbocycles. The Bertz CT molecular complexity index is 561. The van der Waals surface area contributed by atoms with Crippen LogP contribution >= 0.6 is 0 Å². The van der Waals surface area contributed by atoms with Gasteiger partial charge < -0.3 is 10.7 Å². The first kappa shape index (κ1) is 10.5. The van der Waals surface area contributed by atoms with E-state index in [1.807, 2.05) is 32.0 Å². The monoisotopic (exact) mass is 214 g/mol. The van der Waals surface area contributed by atoms with Crippen LogP contribution in [0.25, 0.3) is 11.1 Å². The van der Waals surface area contributed by atoms with Crippen molar-refractivity contribution >= 4 is 5.69 Å². The van der Waals surface area contributed by atoms with Gasteiger partial charge in [-0.2, -0.15) is 0 Å². The first-order chi connectivity index (χ1) is 7.58. The summed E-state index contributed by atoms with van der Waals surface area (Å²) < 4.78 is 0. The number of hydrogen-bond acceptors (Lipinski definition) is 2. The van der Waals surface area contributed by atoms with Crippen LogP contribution in [-0.2, 0) is 0 Å². The molecule has 82 valence electrons. The molecule has 0 aliphatic carbocycles. The zero-order valence-corrected chi connectivity index (χ0v) is 9.37. The van der Waals surface area contributed by atoms with Crippen molar-refractivity contribution in [3.05, 3.63) is 51.9 Å². The van der Waals surface area contributed by atoms with Crippen molar-refractivity contribution < 1.29 is 0 Å². The van der Waals surface area contributed by atoms with Crippen molar-refractivity contribution in [3.63, 3.8) is 0 Å². The Morgan fingerprint density at radius 2 is 1.69 bits per heavy atom. The summed E-state index contributed by atoms with van der Waals surface area (Å²) in [5.74, 6) is 0. The smallest absolute Gasteiger partial charge is 0.248 e. The molecular formula is C13H14N2O. The number of aryl methyl sites for hydroxylation is 2. The Kier molecular flexibility index (Phi) is 2.52. The Hall–Kier alpha value is -2.03. The molecule has 3 nitrogen and oxygen atoms in total. The van der Waals surface area contributed by atoms with Crippen molar-refractivity contribution in [3.8, 4) is 11.1 Å². The first-order valence-electron chi connectivity index (χ1n) is 5.14. The van der Waals surface area contributed by atoms with Gasteiger partial charge in [-0.25, -0.2) is 0 Å².